The lowest BCUT2D eigenvalue weighted by molar-refractivity contribution is -0.112. The first-order valence-electron chi connectivity index (χ1n) is 2.32. The number of hydrogen-bond donors (Lipinski definition) is 1. The maximum atomic E-state index is 10.5. The van der Waals surface area contributed by atoms with Crippen molar-refractivity contribution in [3.8, 4) is 0 Å². The highest BCUT2D eigenvalue weighted by Gasteiger charge is 2.05. The van der Waals surface area contributed by atoms with Crippen LogP contribution in [0.25, 0.3) is 0 Å². The number of ketones is 1. The second-order valence-corrected chi connectivity index (χ2v) is 1.53. The van der Waals surface area contributed by atoms with Crippen LogP contribution in [0.1, 0.15) is 6.42 Å². The van der Waals surface area contributed by atoms with E-state index >= 15 is 0 Å². The number of allylic oxidation sites excluding steroid dienone is 1. The van der Waals surface area contributed by atoms with Crippen LogP contribution in [0.5, 0.6) is 0 Å². The fourth-order valence-electron chi connectivity index (χ4n) is 0.469. The number of nitrogens with two attached hydrogens (primary N) is 1. The molecule has 0 atom stereocenters. The number of Topliss-reactive ketones (excluding diaryl/α,β-unsaturated/α-hetero) is 1. The van der Waals surface area contributed by atoms with Crippen LogP contribution in [0.4, 0.5) is 0 Å². The van der Waals surface area contributed by atoms with Gasteiger partial charge >= 0.3 is 0 Å². The zero-order valence-corrected chi connectivity index (χ0v) is 4.29. The molecule has 0 aromatic carbocycles. The van der Waals surface area contributed by atoms with Crippen LogP contribution in [0.2, 0.25) is 0 Å². The summed E-state index contributed by atoms with van der Waals surface area (Å²) in [4.78, 5) is 14.1. The molecule has 3 nitrogen and oxygen atoms in total. The normalized spacial score (nSPS) is 18.5. The minimum Gasteiger partial charge on any atom is -0.381 e. The van der Waals surface area contributed by atoms with E-state index < -0.39 is 0 Å². The van der Waals surface area contributed by atoms with Crippen LogP contribution in [0.3, 0.4) is 0 Å². The summed E-state index contributed by atoms with van der Waals surface area (Å²) in [5, 5.41) is 0. The predicted octanol–water partition coefficient (Wildman–Crippen LogP) is -0.170. The Morgan fingerprint density at radius 2 is 2.50 bits per heavy atom. The van der Waals surface area contributed by atoms with Crippen LogP contribution in [-0.4, -0.2) is 11.6 Å². The first kappa shape index (κ1) is 5.03. The van der Waals surface area contributed by atoms with E-state index in [0.29, 0.717) is 6.42 Å². The van der Waals surface area contributed by atoms with E-state index in [9.17, 15) is 4.79 Å². The fraction of sp³-hybridized carbons (Fsp3) is 0.200. The van der Waals surface area contributed by atoms with Crippen molar-refractivity contribution >= 4 is 11.6 Å². The summed E-state index contributed by atoms with van der Waals surface area (Å²) < 4.78 is 0. The van der Waals surface area contributed by atoms with Crippen LogP contribution in [0, 0.1) is 0 Å². The number of carbonyl (C=O) groups excluding carboxylic acids is 1. The molecule has 0 spiro atoms. The highest BCUT2D eigenvalue weighted by atomic mass is 16.1. The second-order valence-electron chi connectivity index (χ2n) is 1.53. The molecule has 42 valence electrons. The molecule has 1 aliphatic rings. The lowest BCUT2D eigenvalue weighted by Crippen LogP contribution is -2.24. The number of rotatable bonds is 0. The molecule has 0 fully saturated rings. The molecule has 0 saturated heterocycles. The molecule has 8 heavy (non-hydrogen) atoms. The van der Waals surface area contributed by atoms with Gasteiger partial charge in [-0.3, -0.25) is 4.79 Å². The van der Waals surface area contributed by atoms with Crippen molar-refractivity contribution in [1.82, 2.24) is 0 Å². The maximum absolute atomic E-state index is 10.5. The Labute approximate surface area is 46.9 Å². The number of amidine groups is 1. The third kappa shape index (κ3) is 0.753. The van der Waals surface area contributed by atoms with E-state index in [4.69, 9.17) is 5.73 Å². The van der Waals surface area contributed by atoms with Crippen LogP contribution in [-0.2, 0) is 4.79 Å². The largest absolute Gasteiger partial charge is 0.381 e. The summed E-state index contributed by atoms with van der Waals surface area (Å²) in [5.41, 5.74) is 5.13. The number of aliphatic imine (C=N–C) groups is 1. The monoisotopic (exact) mass is 110 g/mol. The minimum absolute atomic E-state index is 0.0903. The van der Waals surface area contributed by atoms with Gasteiger partial charge in [0.1, 0.15) is 0 Å². The third-order valence-corrected chi connectivity index (χ3v) is 0.908. The molecule has 0 amide bonds. The standard InChI is InChI=1S/C5H6N2O/c6-5-4(8)2-1-3-7-5/h1,3H,2H2,(H2,6,7). The molecule has 0 aromatic rings. The van der Waals surface area contributed by atoms with Crippen molar-refractivity contribution in [3.05, 3.63) is 12.3 Å². The molecular weight excluding hydrogens is 104 g/mol. The Hall–Kier alpha value is -1.12. The summed E-state index contributed by atoms with van der Waals surface area (Å²) in [6.45, 7) is 0. The Balaban J connectivity index is 2.80. The van der Waals surface area contributed by atoms with Gasteiger partial charge in [-0.05, 0) is 0 Å². The Morgan fingerprint density at radius 3 is 2.88 bits per heavy atom. The van der Waals surface area contributed by atoms with E-state index in [2.05, 4.69) is 4.99 Å². The molecule has 1 heterocycles. The average molecular weight is 110 g/mol. The van der Waals surface area contributed by atoms with Gasteiger partial charge in [0.2, 0.25) is 5.78 Å². The molecule has 1 aliphatic heterocycles. The summed E-state index contributed by atoms with van der Waals surface area (Å²) in [6.07, 6.45) is 3.62. The van der Waals surface area contributed by atoms with E-state index in [0.717, 1.165) is 0 Å². The molecule has 0 saturated carbocycles. The molecule has 3 heteroatoms. The molecule has 2 N–H and O–H groups in total. The van der Waals surface area contributed by atoms with E-state index in [1.54, 1.807) is 6.08 Å². The maximum Gasteiger partial charge on any atom is 0.201 e. The van der Waals surface area contributed by atoms with Gasteiger partial charge < -0.3 is 5.73 Å². The highest BCUT2D eigenvalue weighted by molar-refractivity contribution is 6.39. The topological polar surface area (TPSA) is 55.4 Å². The van der Waals surface area contributed by atoms with Crippen molar-refractivity contribution in [3.63, 3.8) is 0 Å². The van der Waals surface area contributed by atoms with Crippen molar-refractivity contribution in [2.45, 2.75) is 6.42 Å². The van der Waals surface area contributed by atoms with E-state index in [1.165, 1.54) is 6.20 Å². The van der Waals surface area contributed by atoms with Crippen molar-refractivity contribution < 1.29 is 4.79 Å². The Morgan fingerprint density at radius 1 is 1.75 bits per heavy atom. The zero-order chi connectivity index (χ0) is 5.98. The van der Waals surface area contributed by atoms with Crippen molar-refractivity contribution in [2.24, 2.45) is 10.7 Å². The third-order valence-electron chi connectivity index (χ3n) is 0.908. The van der Waals surface area contributed by atoms with Crippen LogP contribution in [0.15, 0.2) is 17.3 Å². The highest BCUT2D eigenvalue weighted by Crippen LogP contribution is 1.93. The quantitative estimate of drug-likeness (QED) is 0.470. The molecular formula is C5H6N2O. The van der Waals surface area contributed by atoms with Gasteiger partial charge in [-0.1, -0.05) is 6.08 Å². The van der Waals surface area contributed by atoms with Gasteiger partial charge in [-0.2, -0.15) is 0 Å². The second kappa shape index (κ2) is 1.78. The summed E-state index contributed by atoms with van der Waals surface area (Å²) >= 11 is 0. The molecule has 1 rings (SSSR count). The lowest BCUT2D eigenvalue weighted by atomic mass is 10.2. The minimum atomic E-state index is -0.0903. The zero-order valence-electron chi connectivity index (χ0n) is 4.29. The molecule has 0 radical (unpaired) electrons. The number of hydrogen-bond acceptors (Lipinski definition) is 3. The van der Waals surface area contributed by atoms with Gasteiger partial charge in [-0.25, -0.2) is 4.99 Å². The van der Waals surface area contributed by atoms with E-state index in [1.807, 2.05) is 0 Å². The fourth-order valence-corrected chi connectivity index (χ4v) is 0.469. The smallest absolute Gasteiger partial charge is 0.201 e. The van der Waals surface area contributed by atoms with Gasteiger partial charge in [0, 0.05) is 12.6 Å². The first-order chi connectivity index (χ1) is 3.80. The van der Waals surface area contributed by atoms with Crippen LogP contribution < -0.4 is 5.73 Å². The number of nitrogens with zero attached hydrogens (tertiary/aromatic N) is 1. The molecule has 0 bridgehead atoms. The van der Waals surface area contributed by atoms with Crippen molar-refractivity contribution in [2.75, 3.05) is 0 Å². The van der Waals surface area contributed by atoms with Crippen molar-refractivity contribution in [1.29, 1.82) is 0 Å². The summed E-state index contributed by atoms with van der Waals surface area (Å²) in [7, 11) is 0. The van der Waals surface area contributed by atoms with Gasteiger partial charge in [0.25, 0.3) is 0 Å². The van der Waals surface area contributed by atoms with Crippen LogP contribution >= 0.6 is 0 Å². The SMILES string of the molecule is NC1=NC=CCC1=O. The molecule has 0 aromatic heterocycles. The number of carbonyl (C=O) groups is 1. The lowest BCUT2D eigenvalue weighted by Gasteiger charge is -1.97. The summed E-state index contributed by atoms with van der Waals surface area (Å²) in [6, 6.07) is 0. The van der Waals surface area contributed by atoms with Gasteiger partial charge in [0.05, 0.1) is 0 Å². The average Bonchev–Trinajstić information content (AvgIpc) is 1.77. The Kier molecular flexibility index (Phi) is 1.12. The summed E-state index contributed by atoms with van der Waals surface area (Å²) in [5.74, 6) is 0.0278. The molecule has 0 aliphatic carbocycles. The Bertz CT molecular complexity index is 169. The van der Waals surface area contributed by atoms with E-state index in [-0.39, 0.29) is 11.6 Å². The van der Waals surface area contributed by atoms with Gasteiger partial charge in [-0.15, -0.1) is 0 Å². The first-order valence-corrected chi connectivity index (χ1v) is 2.32. The predicted molar refractivity (Wildman–Crippen MR) is 30.4 cm³/mol. The molecule has 0 unspecified atom stereocenters. The van der Waals surface area contributed by atoms with Gasteiger partial charge in [0.15, 0.2) is 5.84 Å².